The summed E-state index contributed by atoms with van der Waals surface area (Å²) >= 11 is 0. The minimum absolute atomic E-state index is 0.0470. The van der Waals surface area contributed by atoms with E-state index in [9.17, 15) is 9.18 Å². The molecule has 27 heavy (non-hydrogen) atoms. The van der Waals surface area contributed by atoms with Gasteiger partial charge in [-0.3, -0.25) is 4.79 Å². The summed E-state index contributed by atoms with van der Waals surface area (Å²) in [7, 11) is 0. The number of anilines is 2. The highest BCUT2D eigenvalue weighted by Gasteiger charge is 2.28. The number of nitrogens with one attached hydrogen (secondary N) is 1. The van der Waals surface area contributed by atoms with Gasteiger partial charge >= 0.3 is 0 Å². The van der Waals surface area contributed by atoms with Gasteiger partial charge in [0, 0.05) is 6.54 Å². The van der Waals surface area contributed by atoms with Crippen LogP contribution in [-0.4, -0.2) is 27.0 Å². The van der Waals surface area contributed by atoms with Crippen molar-refractivity contribution in [3.63, 3.8) is 0 Å². The molecule has 1 aliphatic rings. The first-order valence-electron chi connectivity index (χ1n) is 8.69. The summed E-state index contributed by atoms with van der Waals surface area (Å²) < 4.78 is 15.2. The van der Waals surface area contributed by atoms with Gasteiger partial charge in [-0.05, 0) is 42.7 Å². The van der Waals surface area contributed by atoms with E-state index in [1.165, 1.54) is 12.3 Å². The molecule has 0 aliphatic carbocycles. The number of nitriles is 1. The molecule has 2 aromatic heterocycles. The predicted molar refractivity (Wildman–Crippen MR) is 97.6 cm³/mol. The van der Waals surface area contributed by atoms with Crippen LogP contribution in [0.1, 0.15) is 30.9 Å². The Balaban J connectivity index is 1.67. The van der Waals surface area contributed by atoms with Crippen LogP contribution in [0.15, 0.2) is 42.6 Å². The number of rotatable bonds is 4. The quantitative estimate of drug-likeness (QED) is 0.769. The number of carbonyl (C=O) groups excluding carboxylic acids is 1. The summed E-state index contributed by atoms with van der Waals surface area (Å²) in [6, 6.07) is 12.2. The highest BCUT2D eigenvalue weighted by molar-refractivity contribution is 5.91. The Morgan fingerprint density at radius 1 is 1.37 bits per heavy atom. The zero-order valence-corrected chi connectivity index (χ0v) is 14.5. The minimum atomic E-state index is -0.412. The smallest absolute Gasteiger partial charge is 0.239 e. The first-order valence-corrected chi connectivity index (χ1v) is 8.69. The van der Waals surface area contributed by atoms with Gasteiger partial charge in [0.1, 0.15) is 18.1 Å². The second-order valence-corrected chi connectivity index (χ2v) is 6.39. The van der Waals surface area contributed by atoms with Crippen molar-refractivity contribution in [1.29, 1.82) is 5.26 Å². The van der Waals surface area contributed by atoms with Crippen LogP contribution >= 0.6 is 0 Å². The number of nitrogens with zero attached hydrogens (tertiary/aromatic N) is 5. The number of hydrogen-bond acceptors (Lipinski definition) is 5. The van der Waals surface area contributed by atoms with Gasteiger partial charge in [0.2, 0.25) is 5.91 Å². The summed E-state index contributed by atoms with van der Waals surface area (Å²) in [5.74, 6) is 0.474. The molecule has 1 amide bonds. The van der Waals surface area contributed by atoms with E-state index in [0.717, 1.165) is 30.8 Å². The average Bonchev–Trinajstić information content (AvgIpc) is 3.29. The van der Waals surface area contributed by atoms with Gasteiger partial charge < -0.3 is 10.2 Å². The summed E-state index contributed by atoms with van der Waals surface area (Å²) in [6.07, 6.45) is 3.17. The first-order chi connectivity index (χ1) is 13.2. The van der Waals surface area contributed by atoms with Crippen molar-refractivity contribution in [3.05, 3.63) is 54.0 Å². The van der Waals surface area contributed by atoms with Gasteiger partial charge in [-0.1, -0.05) is 12.1 Å². The summed E-state index contributed by atoms with van der Waals surface area (Å²) in [4.78, 5) is 18.1. The predicted octanol–water partition coefficient (Wildman–Crippen LogP) is 3.06. The van der Waals surface area contributed by atoms with Crippen molar-refractivity contribution in [2.45, 2.75) is 25.3 Å². The maximum Gasteiger partial charge on any atom is 0.239 e. The molecule has 0 radical (unpaired) electrons. The van der Waals surface area contributed by atoms with E-state index in [4.69, 9.17) is 5.26 Å². The zero-order chi connectivity index (χ0) is 18.8. The average molecular weight is 364 g/mol. The lowest BCUT2D eigenvalue weighted by Crippen LogP contribution is -2.24. The first kappa shape index (κ1) is 17.0. The fraction of sp³-hybridized carbons (Fsp3) is 0.263. The number of amides is 1. The Labute approximate surface area is 155 Å². The Morgan fingerprint density at radius 3 is 3.07 bits per heavy atom. The van der Waals surface area contributed by atoms with E-state index in [0.29, 0.717) is 11.5 Å². The summed E-state index contributed by atoms with van der Waals surface area (Å²) in [5, 5.41) is 15.9. The normalized spacial score (nSPS) is 16.4. The summed E-state index contributed by atoms with van der Waals surface area (Å²) in [6.45, 7) is 0.810. The molecule has 1 fully saturated rings. The van der Waals surface area contributed by atoms with E-state index in [-0.39, 0.29) is 18.3 Å². The number of fused-ring (bicyclic) bond motifs is 1. The molecule has 1 N–H and O–H groups in total. The third-order valence-corrected chi connectivity index (χ3v) is 4.64. The molecule has 136 valence electrons. The van der Waals surface area contributed by atoms with Gasteiger partial charge in [0.05, 0.1) is 18.3 Å². The van der Waals surface area contributed by atoms with Crippen LogP contribution in [0.2, 0.25) is 0 Å². The van der Waals surface area contributed by atoms with Crippen LogP contribution < -0.4 is 10.2 Å². The molecule has 1 unspecified atom stereocenters. The molecule has 3 aromatic rings. The van der Waals surface area contributed by atoms with Gasteiger partial charge in [-0.25, -0.2) is 9.37 Å². The minimum Gasteiger partial charge on any atom is -0.348 e. The fourth-order valence-electron chi connectivity index (χ4n) is 3.46. The number of imidazole rings is 1. The van der Waals surface area contributed by atoms with E-state index in [1.54, 1.807) is 16.6 Å². The van der Waals surface area contributed by atoms with Gasteiger partial charge in [-0.15, -0.1) is 5.10 Å². The van der Waals surface area contributed by atoms with Gasteiger partial charge in [0.15, 0.2) is 11.5 Å². The lowest BCUT2D eigenvalue weighted by atomic mass is 10.0. The molecule has 0 saturated carbocycles. The van der Waals surface area contributed by atoms with Crippen molar-refractivity contribution in [1.82, 2.24) is 14.6 Å². The van der Waals surface area contributed by atoms with Crippen molar-refractivity contribution >= 4 is 23.2 Å². The van der Waals surface area contributed by atoms with Crippen LogP contribution in [0.4, 0.5) is 16.0 Å². The van der Waals surface area contributed by atoms with Crippen LogP contribution in [0.3, 0.4) is 0 Å². The van der Waals surface area contributed by atoms with E-state index < -0.39 is 5.91 Å². The molecule has 7 nitrogen and oxygen atoms in total. The largest absolute Gasteiger partial charge is 0.348 e. The molecule has 1 saturated heterocycles. The number of benzene rings is 1. The molecule has 1 atom stereocenters. The maximum atomic E-state index is 13.6. The Morgan fingerprint density at radius 2 is 2.26 bits per heavy atom. The van der Waals surface area contributed by atoms with Crippen LogP contribution in [-0.2, 0) is 4.79 Å². The third kappa shape index (κ3) is 3.31. The number of aromatic nitrogens is 3. The Bertz CT molecular complexity index is 1040. The Kier molecular flexibility index (Phi) is 4.42. The molecule has 3 heterocycles. The summed E-state index contributed by atoms with van der Waals surface area (Å²) in [5.41, 5.74) is 1.51. The van der Waals surface area contributed by atoms with Crippen LogP contribution in [0.25, 0.3) is 5.65 Å². The highest BCUT2D eigenvalue weighted by atomic mass is 19.1. The Hall–Kier alpha value is -3.47. The molecule has 8 heteroatoms. The van der Waals surface area contributed by atoms with E-state index in [1.807, 2.05) is 24.3 Å². The van der Waals surface area contributed by atoms with Crippen molar-refractivity contribution in [3.8, 4) is 6.07 Å². The van der Waals surface area contributed by atoms with Gasteiger partial charge in [-0.2, -0.15) is 9.78 Å². The SMILES string of the molecule is N#CCC(=O)Nc1cnc2ccc(N3CCCC3c3cccc(F)c3)nn12. The van der Waals surface area contributed by atoms with E-state index in [2.05, 4.69) is 20.3 Å². The molecule has 4 rings (SSSR count). The molecule has 0 spiro atoms. The number of halogens is 1. The molecule has 0 bridgehead atoms. The lowest BCUT2D eigenvalue weighted by Gasteiger charge is -2.26. The topological polar surface area (TPSA) is 86.3 Å². The zero-order valence-electron chi connectivity index (χ0n) is 14.5. The van der Waals surface area contributed by atoms with Crippen molar-refractivity contribution in [2.24, 2.45) is 0 Å². The van der Waals surface area contributed by atoms with E-state index >= 15 is 0 Å². The number of hydrogen-bond donors (Lipinski definition) is 1. The standard InChI is InChI=1S/C19H17FN6O/c20-14-4-1-3-13(11-14)15-5-2-10-25(15)17-7-6-16-22-12-18(26(16)24-17)23-19(27)8-9-21/h1,3-4,6-7,11-12,15H,2,5,8,10H2,(H,23,27). The lowest BCUT2D eigenvalue weighted by molar-refractivity contribution is -0.115. The van der Waals surface area contributed by atoms with Crippen molar-refractivity contribution in [2.75, 3.05) is 16.8 Å². The molecular weight excluding hydrogens is 347 g/mol. The number of carbonyl (C=O) groups is 1. The second kappa shape index (κ2) is 7.03. The maximum absolute atomic E-state index is 13.6. The highest BCUT2D eigenvalue weighted by Crippen LogP contribution is 2.35. The molecule has 1 aromatic carbocycles. The fourth-order valence-corrected chi connectivity index (χ4v) is 3.46. The third-order valence-electron chi connectivity index (χ3n) is 4.64. The second-order valence-electron chi connectivity index (χ2n) is 6.39. The van der Waals surface area contributed by atoms with Crippen LogP contribution in [0, 0.1) is 17.1 Å². The van der Waals surface area contributed by atoms with Crippen molar-refractivity contribution < 1.29 is 9.18 Å². The molecule has 1 aliphatic heterocycles. The monoisotopic (exact) mass is 364 g/mol. The van der Waals surface area contributed by atoms with Crippen LogP contribution in [0.5, 0.6) is 0 Å². The molecular formula is C19H17FN6O. The van der Waals surface area contributed by atoms with Gasteiger partial charge in [0.25, 0.3) is 0 Å².